The first-order valence-electron chi connectivity index (χ1n) is 9.95. The topological polar surface area (TPSA) is 67.2 Å². The van der Waals surface area contributed by atoms with Gasteiger partial charge in [-0.2, -0.15) is 5.10 Å². The molecule has 4 aromatic rings. The molecule has 5 rings (SSSR count). The highest BCUT2D eigenvalue weighted by Crippen LogP contribution is 2.28. The van der Waals surface area contributed by atoms with Crippen LogP contribution in [-0.2, 0) is 7.05 Å². The van der Waals surface area contributed by atoms with Crippen LogP contribution in [0.2, 0.25) is 0 Å². The Morgan fingerprint density at radius 1 is 1.10 bits per heavy atom. The molecule has 7 nitrogen and oxygen atoms in total. The molecule has 0 bridgehead atoms. The summed E-state index contributed by atoms with van der Waals surface area (Å²) in [4.78, 5) is 27.0. The van der Waals surface area contributed by atoms with Crippen LogP contribution < -0.4 is 4.90 Å². The molecule has 0 atom stereocenters. The monoisotopic (exact) mass is 418 g/mol. The van der Waals surface area contributed by atoms with Crippen molar-refractivity contribution in [3.8, 4) is 11.3 Å². The van der Waals surface area contributed by atoms with Crippen LogP contribution in [0.25, 0.3) is 22.3 Å². The van der Waals surface area contributed by atoms with E-state index in [2.05, 4.69) is 15.0 Å². The van der Waals surface area contributed by atoms with E-state index >= 15 is 0 Å². The van der Waals surface area contributed by atoms with Crippen molar-refractivity contribution < 1.29 is 4.79 Å². The number of aromatic nitrogens is 4. The van der Waals surface area contributed by atoms with E-state index in [0.717, 1.165) is 46.2 Å². The lowest BCUT2D eigenvalue weighted by molar-refractivity contribution is 0.0748. The number of aryl methyl sites for hydroxylation is 2. The van der Waals surface area contributed by atoms with Crippen LogP contribution in [0.4, 0.5) is 5.13 Å². The van der Waals surface area contributed by atoms with Gasteiger partial charge in [-0.1, -0.05) is 30.3 Å². The van der Waals surface area contributed by atoms with Gasteiger partial charge in [-0.3, -0.25) is 9.48 Å². The minimum absolute atomic E-state index is 0.0365. The van der Waals surface area contributed by atoms with E-state index in [1.54, 1.807) is 16.0 Å². The average Bonchev–Trinajstić information content (AvgIpc) is 3.42. The van der Waals surface area contributed by atoms with Crippen LogP contribution >= 0.6 is 11.3 Å². The van der Waals surface area contributed by atoms with Gasteiger partial charge in [-0.25, -0.2) is 9.97 Å². The molecular formula is C22H22N6OS. The normalized spacial score (nSPS) is 14.5. The minimum Gasteiger partial charge on any atom is -0.345 e. The molecule has 1 aromatic carbocycles. The van der Waals surface area contributed by atoms with E-state index in [-0.39, 0.29) is 5.91 Å². The summed E-state index contributed by atoms with van der Waals surface area (Å²) in [5.41, 5.74) is 4.01. The van der Waals surface area contributed by atoms with Crippen molar-refractivity contribution in [2.75, 3.05) is 31.1 Å². The number of fused-ring (bicyclic) bond motifs is 1. The van der Waals surface area contributed by atoms with Gasteiger partial charge in [-0.05, 0) is 13.0 Å². The maximum atomic E-state index is 13.6. The average molecular weight is 419 g/mol. The largest absolute Gasteiger partial charge is 0.345 e. The molecule has 30 heavy (non-hydrogen) atoms. The molecule has 0 saturated carbocycles. The van der Waals surface area contributed by atoms with Crippen LogP contribution in [0.5, 0.6) is 0 Å². The van der Waals surface area contributed by atoms with Gasteiger partial charge in [0.2, 0.25) is 0 Å². The Hall–Kier alpha value is -3.26. The molecule has 8 heteroatoms. The Morgan fingerprint density at radius 3 is 2.57 bits per heavy atom. The molecule has 0 aliphatic carbocycles. The van der Waals surface area contributed by atoms with E-state index in [9.17, 15) is 4.79 Å². The summed E-state index contributed by atoms with van der Waals surface area (Å²) >= 11 is 1.63. The number of anilines is 1. The van der Waals surface area contributed by atoms with Crippen molar-refractivity contribution in [1.82, 2.24) is 24.6 Å². The maximum Gasteiger partial charge on any atom is 0.254 e. The van der Waals surface area contributed by atoms with Crippen molar-refractivity contribution in [1.29, 1.82) is 0 Å². The summed E-state index contributed by atoms with van der Waals surface area (Å²) in [6.45, 7) is 4.84. The summed E-state index contributed by atoms with van der Waals surface area (Å²) < 4.78 is 1.76. The van der Waals surface area contributed by atoms with Crippen molar-refractivity contribution in [3.63, 3.8) is 0 Å². The number of piperazine rings is 1. The van der Waals surface area contributed by atoms with Crippen molar-refractivity contribution in [2.45, 2.75) is 6.92 Å². The highest BCUT2D eigenvalue weighted by Gasteiger charge is 2.27. The maximum absolute atomic E-state index is 13.6. The fraction of sp³-hybridized carbons (Fsp3) is 0.273. The third-order valence-electron chi connectivity index (χ3n) is 5.53. The number of hydrogen-bond donors (Lipinski definition) is 0. The molecule has 0 radical (unpaired) electrons. The molecule has 4 heterocycles. The Labute approximate surface area is 178 Å². The van der Waals surface area contributed by atoms with Crippen molar-refractivity contribution in [2.24, 2.45) is 7.05 Å². The highest BCUT2D eigenvalue weighted by atomic mass is 32.1. The minimum atomic E-state index is 0.0365. The number of carbonyl (C=O) groups is 1. The second kappa shape index (κ2) is 7.53. The standard InChI is InChI=1S/C22H22N6OS/c1-15-19-17(21(29)27-9-11-28(12-10-27)22-23-8-13-30-22)14-18(16-6-4-3-5-7-16)24-20(19)26(2)25-15/h3-8,13-14H,9-12H2,1-2H3. The summed E-state index contributed by atoms with van der Waals surface area (Å²) in [6.07, 6.45) is 1.82. The second-order valence-electron chi connectivity index (χ2n) is 7.42. The highest BCUT2D eigenvalue weighted by molar-refractivity contribution is 7.13. The Balaban J connectivity index is 1.51. The number of nitrogens with zero attached hydrogens (tertiary/aromatic N) is 6. The smallest absolute Gasteiger partial charge is 0.254 e. The third-order valence-corrected chi connectivity index (χ3v) is 6.36. The summed E-state index contributed by atoms with van der Waals surface area (Å²) in [7, 11) is 1.87. The van der Waals surface area contributed by atoms with Crippen LogP contribution in [0.1, 0.15) is 16.1 Å². The quantitative estimate of drug-likeness (QED) is 0.510. The van der Waals surface area contributed by atoms with Gasteiger partial charge in [0.05, 0.1) is 22.3 Å². The lowest BCUT2D eigenvalue weighted by atomic mass is 10.0. The van der Waals surface area contributed by atoms with E-state index in [4.69, 9.17) is 4.98 Å². The first-order chi connectivity index (χ1) is 14.6. The van der Waals surface area contributed by atoms with Gasteiger partial charge >= 0.3 is 0 Å². The number of thiazole rings is 1. The molecule has 3 aromatic heterocycles. The zero-order valence-electron chi connectivity index (χ0n) is 16.9. The van der Waals surface area contributed by atoms with Crippen LogP contribution in [0.15, 0.2) is 48.0 Å². The number of carbonyl (C=O) groups excluding carboxylic acids is 1. The van der Waals surface area contributed by atoms with Gasteiger partial charge in [0, 0.05) is 50.4 Å². The third kappa shape index (κ3) is 3.23. The summed E-state index contributed by atoms with van der Waals surface area (Å²) in [5.74, 6) is 0.0365. The molecular weight excluding hydrogens is 396 g/mol. The van der Waals surface area contributed by atoms with Crippen LogP contribution in [0, 0.1) is 6.92 Å². The van der Waals surface area contributed by atoms with Crippen LogP contribution in [-0.4, -0.2) is 56.7 Å². The SMILES string of the molecule is Cc1nn(C)c2nc(-c3ccccc3)cc(C(=O)N3CCN(c4nccs4)CC3)c12. The Morgan fingerprint density at radius 2 is 1.87 bits per heavy atom. The zero-order valence-corrected chi connectivity index (χ0v) is 17.8. The predicted octanol–water partition coefficient (Wildman–Crippen LogP) is 3.36. The molecule has 0 unspecified atom stereocenters. The molecule has 0 N–H and O–H groups in total. The first kappa shape index (κ1) is 18.7. The van der Waals surface area contributed by atoms with Gasteiger partial charge in [0.15, 0.2) is 10.8 Å². The fourth-order valence-electron chi connectivity index (χ4n) is 4.01. The van der Waals surface area contributed by atoms with Gasteiger partial charge in [0.25, 0.3) is 5.91 Å². The molecule has 1 amide bonds. The van der Waals surface area contributed by atoms with E-state index in [0.29, 0.717) is 18.7 Å². The van der Waals surface area contributed by atoms with E-state index in [1.807, 2.05) is 66.8 Å². The van der Waals surface area contributed by atoms with Gasteiger partial charge in [-0.15, -0.1) is 11.3 Å². The molecule has 0 spiro atoms. The first-order valence-corrected chi connectivity index (χ1v) is 10.8. The number of amides is 1. The predicted molar refractivity (Wildman–Crippen MR) is 119 cm³/mol. The van der Waals surface area contributed by atoms with Crippen molar-refractivity contribution in [3.05, 3.63) is 59.2 Å². The number of hydrogen-bond acceptors (Lipinski definition) is 6. The number of rotatable bonds is 3. The van der Waals surface area contributed by atoms with Crippen molar-refractivity contribution >= 4 is 33.4 Å². The number of benzene rings is 1. The molecule has 152 valence electrons. The molecule has 1 aliphatic rings. The van der Waals surface area contributed by atoms with E-state index in [1.165, 1.54) is 0 Å². The summed E-state index contributed by atoms with van der Waals surface area (Å²) in [5, 5.41) is 8.36. The van der Waals surface area contributed by atoms with Crippen LogP contribution in [0.3, 0.4) is 0 Å². The van der Waals surface area contributed by atoms with Gasteiger partial charge < -0.3 is 9.80 Å². The zero-order chi connectivity index (χ0) is 20.7. The molecule has 1 fully saturated rings. The Kier molecular flexibility index (Phi) is 4.71. The van der Waals surface area contributed by atoms with E-state index < -0.39 is 0 Å². The summed E-state index contributed by atoms with van der Waals surface area (Å²) in [6, 6.07) is 11.9. The molecule has 1 saturated heterocycles. The fourth-order valence-corrected chi connectivity index (χ4v) is 4.71. The second-order valence-corrected chi connectivity index (χ2v) is 8.30. The lowest BCUT2D eigenvalue weighted by Crippen LogP contribution is -2.48. The lowest BCUT2D eigenvalue weighted by Gasteiger charge is -2.34. The molecule has 1 aliphatic heterocycles. The Bertz CT molecular complexity index is 1190. The number of pyridine rings is 1. The van der Waals surface area contributed by atoms with Gasteiger partial charge in [0.1, 0.15) is 0 Å².